The first kappa shape index (κ1) is 13.0. The molecule has 96 valence electrons. The standard InChI is InChI=1S/C12H12BrNO4/c1-6(15)14-10-4-3-8(13)5-9(10)11(12(14)17)18-7(2)16/h3-5,11-12,17H,1-2H3. The highest BCUT2D eigenvalue weighted by atomic mass is 79.9. The van der Waals surface area contributed by atoms with Crippen molar-refractivity contribution in [2.45, 2.75) is 26.2 Å². The summed E-state index contributed by atoms with van der Waals surface area (Å²) in [5.74, 6) is -0.809. The fourth-order valence-electron chi connectivity index (χ4n) is 2.07. The molecule has 5 nitrogen and oxygen atoms in total. The lowest BCUT2D eigenvalue weighted by molar-refractivity contribution is -0.152. The predicted molar refractivity (Wildman–Crippen MR) is 67.8 cm³/mol. The van der Waals surface area contributed by atoms with Crippen molar-refractivity contribution in [3.05, 3.63) is 28.2 Å². The van der Waals surface area contributed by atoms with Gasteiger partial charge in [-0.3, -0.25) is 14.5 Å². The second-order valence-corrected chi connectivity index (χ2v) is 4.95. The minimum absolute atomic E-state index is 0.305. The number of aliphatic hydroxyl groups is 1. The number of hydrogen-bond donors (Lipinski definition) is 1. The van der Waals surface area contributed by atoms with Crippen molar-refractivity contribution >= 4 is 33.5 Å². The molecule has 0 saturated heterocycles. The molecule has 1 aliphatic heterocycles. The number of nitrogens with zero attached hydrogens (tertiary/aromatic N) is 1. The van der Waals surface area contributed by atoms with Gasteiger partial charge in [-0.05, 0) is 18.2 Å². The molecular weight excluding hydrogens is 302 g/mol. The van der Waals surface area contributed by atoms with Crippen molar-refractivity contribution in [1.29, 1.82) is 0 Å². The van der Waals surface area contributed by atoms with Crippen LogP contribution in [0.3, 0.4) is 0 Å². The molecule has 18 heavy (non-hydrogen) atoms. The molecule has 0 radical (unpaired) electrons. The second kappa shape index (κ2) is 4.70. The van der Waals surface area contributed by atoms with Gasteiger partial charge in [0, 0.05) is 23.9 Å². The molecule has 1 amide bonds. The zero-order valence-electron chi connectivity index (χ0n) is 9.88. The number of rotatable bonds is 1. The normalized spacial score (nSPS) is 21.7. The molecule has 1 aliphatic rings. The smallest absolute Gasteiger partial charge is 0.303 e. The maximum Gasteiger partial charge on any atom is 0.303 e. The number of anilines is 1. The molecule has 2 atom stereocenters. The van der Waals surface area contributed by atoms with E-state index in [4.69, 9.17) is 4.74 Å². The molecule has 6 heteroatoms. The van der Waals surface area contributed by atoms with Gasteiger partial charge in [-0.15, -0.1) is 0 Å². The Morgan fingerprint density at radius 1 is 1.39 bits per heavy atom. The number of ether oxygens (including phenoxy) is 1. The first-order chi connectivity index (χ1) is 8.41. The fourth-order valence-corrected chi connectivity index (χ4v) is 2.45. The van der Waals surface area contributed by atoms with Gasteiger partial charge < -0.3 is 9.84 Å². The molecular formula is C12H12BrNO4. The number of carbonyl (C=O) groups is 2. The minimum Gasteiger partial charge on any atom is -0.453 e. The average molecular weight is 314 g/mol. The van der Waals surface area contributed by atoms with Crippen LogP contribution in [0.15, 0.2) is 22.7 Å². The van der Waals surface area contributed by atoms with Crippen LogP contribution in [-0.2, 0) is 14.3 Å². The summed E-state index contributed by atoms with van der Waals surface area (Å²) in [5, 5.41) is 10.1. The van der Waals surface area contributed by atoms with E-state index in [-0.39, 0.29) is 5.91 Å². The first-order valence-electron chi connectivity index (χ1n) is 5.36. The molecule has 1 aromatic rings. The van der Waals surface area contributed by atoms with Gasteiger partial charge in [0.25, 0.3) is 0 Å². The summed E-state index contributed by atoms with van der Waals surface area (Å²) in [5.41, 5.74) is 1.17. The predicted octanol–water partition coefficient (Wildman–Crippen LogP) is 1.74. The van der Waals surface area contributed by atoms with Crippen LogP contribution in [-0.4, -0.2) is 23.2 Å². The van der Waals surface area contributed by atoms with E-state index in [1.807, 2.05) is 0 Å². The van der Waals surface area contributed by atoms with Crippen LogP contribution in [0.4, 0.5) is 5.69 Å². The molecule has 0 bridgehead atoms. The first-order valence-corrected chi connectivity index (χ1v) is 6.15. The lowest BCUT2D eigenvalue weighted by Crippen LogP contribution is -2.38. The van der Waals surface area contributed by atoms with Crippen molar-refractivity contribution in [3.8, 4) is 0 Å². The highest BCUT2D eigenvalue weighted by Crippen LogP contribution is 2.42. The number of carbonyl (C=O) groups excluding carboxylic acids is 2. The van der Waals surface area contributed by atoms with Gasteiger partial charge >= 0.3 is 5.97 Å². The van der Waals surface area contributed by atoms with E-state index < -0.39 is 18.3 Å². The Bertz CT molecular complexity index is 517. The Kier molecular flexibility index (Phi) is 3.41. The Labute approximate surface area is 112 Å². The summed E-state index contributed by atoms with van der Waals surface area (Å²) >= 11 is 3.31. The monoisotopic (exact) mass is 313 g/mol. The number of halogens is 1. The average Bonchev–Trinajstić information content (AvgIpc) is 2.52. The van der Waals surface area contributed by atoms with Gasteiger partial charge in [-0.1, -0.05) is 15.9 Å². The summed E-state index contributed by atoms with van der Waals surface area (Å²) in [6.07, 6.45) is -2.03. The summed E-state index contributed by atoms with van der Waals surface area (Å²) in [6, 6.07) is 5.19. The molecule has 0 fully saturated rings. The summed E-state index contributed by atoms with van der Waals surface area (Å²) in [6.45, 7) is 2.62. The van der Waals surface area contributed by atoms with E-state index in [1.165, 1.54) is 18.7 Å². The van der Waals surface area contributed by atoms with Crippen LogP contribution >= 0.6 is 15.9 Å². The molecule has 0 aliphatic carbocycles. The van der Waals surface area contributed by atoms with E-state index >= 15 is 0 Å². The van der Waals surface area contributed by atoms with Gasteiger partial charge in [-0.2, -0.15) is 0 Å². The number of aliphatic hydroxyl groups excluding tert-OH is 1. The molecule has 0 spiro atoms. The maximum absolute atomic E-state index is 11.5. The molecule has 2 unspecified atom stereocenters. The fraction of sp³-hybridized carbons (Fsp3) is 0.333. The molecule has 1 heterocycles. The van der Waals surface area contributed by atoms with Crippen LogP contribution in [0.1, 0.15) is 25.5 Å². The molecule has 0 saturated carbocycles. The molecule has 2 rings (SSSR count). The van der Waals surface area contributed by atoms with Gasteiger partial charge in [-0.25, -0.2) is 0 Å². The van der Waals surface area contributed by atoms with Crippen molar-refractivity contribution < 1.29 is 19.4 Å². The van der Waals surface area contributed by atoms with Crippen molar-refractivity contribution in [3.63, 3.8) is 0 Å². The summed E-state index contributed by atoms with van der Waals surface area (Å²) in [4.78, 5) is 23.8. The third-order valence-corrected chi connectivity index (χ3v) is 3.22. The number of benzene rings is 1. The Balaban J connectivity index is 2.50. The van der Waals surface area contributed by atoms with Crippen molar-refractivity contribution in [2.75, 3.05) is 4.90 Å². The third kappa shape index (κ3) is 2.13. The number of amides is 1. The minimum atomic E-state index is -1.18. The summed E-state index contributed by atoms with van der Waals surface area (Å²) in [7, 11) is 0. The molecule has 1 aromatic carbocycles. The second-order valence-electron chi connectivity index (χ2n) is 4.04. The topological polar surface area (TPSA) is 66.8 Å². The van der Waals surface area contributed by atoms with Crippen LogP contribution < -0.4 is 4.90 Å². The largest absolute Gasteiger partial charge is 0.453 e. The number of hydrogen-bond acceptors (Lipinski definition) is 4. The maximum atomic E-state index is 11.5. The Hall–Kier alpha value is -1.40. The highest BCUT2D eigenvalue weighted by molar-refractivity contribution is 9.10. The van der Waals surface area contributed by atoms with Crippen LogP contribution in [0, 0.1) is 0 Å². The zero-order valence-corrected chi connectivity index (χ0v) is 11.5. The van der Waals surface area contributed by atoms with E-state index in [2.05, 4.69) is 15.9 Å². The summed E-state index contributed by atoms with van der Waals surface area (Å²) < 4.78 is 5.87. The van der Waals surface area contributed by atoms with E-state index in [0.29, 0.717) is 11.3 Å². The van der Waals surface area contributed by atoms with Gasteiger partial charge in [0.05, 0.1) is 5.69 Å². The van der Waals surface area contributed by atoms with Gasteiger partial charge in [0.2, 0.25) is 5.91 Å². The van der Waals surface area contributed by atoms with Crippen molar-refractivity contribution in [1.82, 2.24) is 0 Å². The number of fused-ring (bicyclic) bond motifs is 1. The third-order valence-electron chi connectivity index (χ3n) is 2.72. The SMILES string of the molecule is CC(=O)OC1c2cc(Br)ccc2N(C(C)=O)C1O. The van der Waals surface area contributed by atoms with E-state index in [0.717, 1.165) is 4.47 Å². The van der Waals surface area contributed by atoms with Crippen LogP contribution in [0.25, 0.3) is 0 Å². The van der Waals surface area contributed by atoms with Crippen LogP contribution in [0.5, 0.6) is 0 Å². The van der Waals surface area contributed by atoms with Crippen molar-refractivity contribution in [2.24, 2.45) is 0 Å². The quantitative estimate of drug-likeness (QED) is 0.802. The Morgan fingerprint density at radius 2 is 2.06 bits per heavy atom. The van der Waals surface area contributed by atoms with Gasteiger partial charge in [0.1, 0.15) is 0 Å². The highest BCUT2D eigenvalue weighted by Gasteiger charge is 2.41. The molecule has 0 aromatic heterocycles. The van der Waals surface area contributed by atoms with E-state index in [9.17, 15) is 14.7 Å². The zero-order chi connectivity index (χ0) is 13.4. The van der Waals surface area contributed by atoms with E-state index in [1.54, 1.807) is 18.2 Å². The van der Waals surface area contributed by atoms with Gasteiger partial charge in [0.15, 0.2) is 12.3 Å². The molecule has 1 N–H and O–H groups in total. The van der Waals surface area contributed by atoms with Crippen LogP contribution in [0.2, 0.25) is 0 Å². The lowest BCUT2D eigenvalue weighted by Gasteiger charge is -2.22. The lowest BCUT2D eigenvalue weighted by atomic mass is 10.1. The Morgan fingerprint density at radius 3 is 2.61 bits per heavy atom. The number of esters is 1.